The van der Waals surface area contributed by atoms with Gasteiger partial charge in [0.1, 0.15) is 23.7 Å². The van der Waals surface area contributed by atoms with E-state index in [0.717, 1.165) is 31.7 Å². The van der Waals surface area contributed by atoms with Crippen LogP contribution >= 0.6 is 11.6 Å². The number of carbonyl (C=O) groups is 2. The summed E-state index contributed by atoms with van der Waals surface area (Å²) in [5.74, 6) is -0.491. The molecule has 194 valence electrons. The number of nitrogens with zero attached hydrogens (tertiary/aromatic N) is 2. The largest absolute Gasteiger partial charge is 0.490 e. The Labute approximate surface area is 216 Å². The standard InChI is InChI=1S/C28H34ClFN2O4/c1-26(2,3)28(25(34)35)5-4-6-32(28)24(33)20-12-21(29)23(13-22(20)30)36-15-27(14-31)18-8-16-7-17(10-18)11-19(27)9-16/h12-13,16-19H,4-11,15H2,1-3H3,(H,34,35). The average Bonchev–Trinajstić information content (AvgIpc) is 3.27. The van der Waals surface area contributed by atoms with Crippen LogP contribution in [0.15, 0.2) is 12.1 Å². The van der Waals surface area contributed by atoms with E-state index in [2.05, 4.69) is 6.07 Å². The van der Waals surface area contributed by atoms with Crippen LogP contribution in [0.2, 0.25) is 5.02 Å². The van der Waals surface area contributed by atoms with Crippen molar-refractivity contribution in [1.82, 2.24) is 4.90 Å². The number of nitriles is 1. The Kier molecular flexibility index (Phi) is 6.06. The maximum atomic E-state index is 15.3. The molecule has 1 saturated heterocycles. The fraction of sp³-hybridized carbons (Fsp3) is 0.679. The zero-order chi connectivity index (χ0) is 26.0. The average molecular weight is 517 g/mol. The van der Waals surface area contributed by atoms with E-state index in [4.69, 9.17) is 16.3 Å². The molecule has 1 unspecified atom stereocenters. The van der Waals surface area contributed by atoms with E-state index >= 15 is 4.39 Å². The number of rotatable bonds is 5. The number of carboxylic acid groups (broad SMARTS) is 1. The lowest BCUT2D eigenvalue weighted by atomic mass is 9.46. The number of likely N-dealkylation sites (tertiary alicyclic amines) is 1. The van der Waals surface area contributed by atoms with Gasteiger partial charge in [0.05, 0.1) is 22.1 Å². The second kappa shape index (κ2) is 8.62. The highest BCUT2D eigenvalue weighted by molar-refractivity contribution is 6.32. The number of hydrogen-bond acceptors (Lipinski definition) is 4. The molecule has 1 atom stereocenters. The monoisotopic (exact) mass is 516 g/mol. The van der Waals surface area contributed by atoms with E-state index in [1.54, 1.807) is 20.8 Å². The fourth-order valence-electron chi connectivity index (χ4n) is 8.04. The van der Waals surface area contributed by atoms with Crippen molar-refractivity contribution in [2.24, 2.45) is 34.5 Å². The van der Waals surface area contributed by atoms with Gasteiger partial charge >= 0.3 is 5.97 Å². The summed E-state index contributed by atoms with van der Waals surface area (Å²) in [6, 6.07) is 4.92. The van der Waals surface area contributed by atoms with Crippen molar-refractivity contribution >= 4 is 23.5 Å². The molecule has 1 aromatic carbocycles. The van der Waals surface area contributed by atoms with Crippen molar-refractivity contribution in [3.05, 3.63) is 28.5 Å². The normalized spacial score (nSPS) is 35.1. The first-order chi connectivity index (χ1) is 16.9. The quantitative estimate of drug-likeness (QED) is 0.523. The third-order valence-electron chi connectivity index (χ3n) is 9.74. The molecule has 1 aliphatic heterocycles. The van der Waals surface area contributed by atoms with Gasteiger partial charge in [-0.1, -0.05) is 32.4 Å². The Hall–Kier alpha value is -2.33. The second-order valence-electron chi connectivity index (χ2n) is 12.5. The zero-order valence-electron chi connectivity index (χ0n) is 21.2. The molecule has 1 aromatic rings. The van der Waals surface area contributed by atoms with Gasteiger partial charge in [-0.15, -0.1) is 0 Å². The summed E-state index contributed by atoms with van der Waals surface area (Å²) < 4.78 is 21.3. The first kappa shape index (κ1) is 25.3. The Morgan fingerprint density at radius 2 is 1.81 bits per heavy atom. The van der Waals surface area contributed by atoms with Gasteiger partial charge in [0.15, 0.2) is 0 Å². The number of amides is 1. The van der Waals surface area contributed by atoms with Crippen LogP contribution < -0.4 is 4.74 Å². The van der Waals surface area contributed by atoms with Crippen LogP contribution in [0, 0.1) is 51.6 Å². The molecule has 0 aromatic heterocycles. The number of ether oxygens (including phenoxy) is 1. The summed E-state index contributed by atoms with van der Waals surface area (Å²) in [6.07, 6.45) is 6.30. The van der Waals surface area contributed by atoms with E-state index in [9.17, 15) is 20.0 Å². The first-order valence-electron chi connectivity index (χ1n) is 13.0. The number of carboxylic acids is 1. The summed E-state index contributed by atoms with van der Waals surface area (Å²) in [6.45, 7) is 5.72. The number of aliphatic carboxylic acids is 1. The summed E-state index contributed by atoms with van der Waals surface area (Å²) >= 11 is 6.47. The van der Waals surface area contributed by atoms with Crippen LogP contribution in [-0.4, -0.2) is 40.6 Å². The highest BCUT2D eigenvalue weighted by Gasteiger charge is 2.59. The van der Waals surface area contributed by atoms with E-state index in [-0.39, 0.29) is 29.5 Å². The molecule has 4 saturated carbocycles. The molecule has 0 radical (unpaired) electrons. The molecule has 1 amide bonds. The molecule has 1 N–H and O–H groups in total. The molecule has 0 spiro atoms. The van der Waals surface area contributed by atoms with Gasteiger partial charge in [-0.3, -0.25) is 4.79 Å². The third kappa shape index (κ3) is 3.62. The van der Waals surface area contributed by atoms with Gasteiger partial charge in [0, 0.05) is 12.6 Å². The maximum absolute atomic E-state index is 15.3. The van der Waals surface area contributed by atoms with Gasteiger partial charge in [0.25, 0.3) is 5.91 Å². The summed E-state index contributed by atoms with van der Waals surface area (Å²) in [5.41, 5.74) is -3.05. The van der Waals surface area contributed by atoms with Crippen LogP contribution in [0.1, 0.15) is 76.1 Å². The molecule has 1 heterocycles. The SMILES string of the molecule is CC(C)(C)C1(C(=O)O)CCCN1C(=O)c1cc(Cl)c(OCC2(C#N)C3CC4CC(C3)CC2C4)cc1F. The van der Waals surface area contributed by atoms with E-state index in [0.29, 0.717) is 36.5 Å². The lowest BCUT2D eigenvalue weighted by Gasteiger charge is -2.58. The van der Waals surface area contributed by atoms with Crippen molar-refractivity contribution in [2.75, 3.05) is 13.2 Å². The minimum atomic E-state index is -1.43. The van der Waals surface area contributed by atoms with Crippen LogP contribution in [0.5, 0.6) is 5.75 Å². The smallest absolute Gasteiger partial charge is 0.330 e. The summed E-state index contributed by atoms with van der Waals surface area (Å²) in [7, 11) is 0. The Bertz CT molecular complexity index is 1110. The van der Waals surface area contributed by atoms with Gasteiger partial charge in [0.2, 0.25) is 0 Å². The molecule has 4 bridgehead atoms. The van der Waals surface area contributed by atoms with E-state index in [1.165, 1.54) is 17.4 Å². The predicted molar refractivity (Wildman–Crippen MR) is 132 cm³/mol. The van der Waals surface area contributed by atoms with Crippen LogP contribution in [0.4, 0.5) is 4.39 Å². The number of hydrogen-bond donors (Lipinski definition) is 1. The fourth-order valence-corrected chi connectivity index (χ4v) is 8.26. The lowest BCUT2D eigenvalue weighted by Crippen LogP contribution is -2.60. The molecule has 36 heavy (non-hydrogen) atoms. The predicted octanol–water partition coefficient (Wildman–Crippen LogP) is 5.93. The van der Waals surface area contributed by atoms with Gasteiger partial charge < -0.3 is 14.7 Å². The van der Waals surface area contributed by atoms with E-state index < -0.39 is 34.1 Å². The highest BCUT2D eigenvalue weighted by Crippen LogP contribution is 2.62. The lowest BCUT2D eigenvalue weighted by molar-refractivity contribution is -0.155. The summed E-state index contributed by atoms with van der Waals surface area (Å²) in [5, 5.41) is 20.4. The first-order valence-corrected chi connectivity index (χ1v) is 13.4. The molecular formula is C28H34ClFN2O4. The van der Waals surface area contributed by atoms with Crippen molar-refractivity contribution in [3.63, 3.8) is 0 Å². The molecule has 5 fully saturated rings. The van der Waals surface area contributed by atoms with Gasteiger partial charge in [-0.2, -0.15) is 5.26 Å². The highest BCUT2D eigenvalue weighted by atomic mass is 35.5. The van der Waals surface area contributed by atoms with Crippen LogP contribution in [0.25, 0.3) is 0 Å². The molecule has 4 aliphatic carbocycles. The Morgan fingerprint density at radius 1 is 1.19 bits per heavy atom. The van der Waals surface area contributed by atoms with Crippen LogP contribution in [0.3, 0.4) is 0 Å². The Balaban J connectivity index is 1.39. The van der Waals surface area contributed by atoms with Crippen molar-refractivity contribution in [1.29, 1.82) is 5.26 Å². The van der Waals surface area contributed by atoms with Crippen molar-refractivity contribution in [3.8, 4) is 11.8 Å². The minimum absolute atomic E-state index is 0.0764. The number of carbonyl (C=O) groups excluding carboxylic acids is 1. The minimum Gasteiger partial charge on any atom is -0.490 e. The second-order valence-corrected chi connectivity index (χ2v) is 12.9. The summed E-state index contributed by atoms with van der Waals surface area (Å²) in [4.78, 5) is 27.1. The molecule has 5 aliphatic rings. The van der Waals surface area contributed by atoms with Crippen LogP contribution in [-0.2, 0) is 4.79 Å². The van der Waals surface area contributed by atoms with E-state index in [1.807, 2.05) is 0 Å². The zero-order valence-corrected chi connectivity index (χ0v) is 21.9. The molecule has 6 nitrogen and oxygen atoms in total. The number of halogens is 2. The third-order valence-corrected chi connectivity index (χ3v) is 10.0. The topological polar surface area (TPSA) is 90.6 Å². The van der Waals surface area contributed by atoms with Gasteiger partial charge in [-0.05, 0) is 80.1 Å². The molecule has 8 heteroatoms. The Morgan fingerprint density at radius 3 is 2.33 bits per heavy atom. The van der Waals surface area contributed by atoms with Crippen molar-refractivity contribution < 1.29 is 23.8 Å². The molecular weight excluding hydrogens is 483 g/mol. The maximum Gasteiger partial charge on any atom is 0.330 e. The van der Waals surface area contributed by atoms with Crippen molar-refractivity contribution in [2.45, 2.75) is 71.3 Å². The number of benzene rings is 1. The molecule has 6 rings (SSSR count). The van der Waals surface area contributed by atoms with Gasteiger partial charge in [-0.25, -0.2) is 9.18 Å².